The maximum Gasteiger partial charge on any atom is 0.169 e. The fourth-order valence-electron chi connectivity index (χ4n) is 1.64. The molecule has 0 radical (unpaired) electrons. The average Bonchev–Trinajstić information content (AvgIpc) is 2.81. The molecule has 0 fully saturated rings. The van der Waals surface area contributed by atoms with Gasteiger partial charge in [-0.15, -0.1) is 0 Å². The number of nitrogens with zero attached hydrogens (tertiary/aromatic N) is 3. The number of thioether (sulfide) groups is 1. The Morgan fingerprint density at radius 2 is 2.11 bits per heavy atom. The minimum Gasteiger partial charge on any atom is -0.390 e. The first-order chi connectivity index (χ1) is 9.22. The van der Waals surface area contributed by atoms with Gasteiger partial charge in [-0.05, 0) is 17.7 Å². The van der Waals surface area contributed by atoms with Crippen LogP contribution in [-0.4, -0.2) is 20.4 Å². The Morgan fingerprint density at radius 3 is 2.74 bits per heavy atom. The monoisotopic (exact) mass is 277 g/mol. The van der Waals surface area contributed by atoms with Gasteiger partial charge >= 0.3 is 0 Å². The Morgan fingerprint density at radius 1 is 1.37 bits per heavy atom. The first kappa shape index (κ1) is 13.6. The molecule has 1 heterocycles. The fourth-order valence-corrected chi connectivity index (χ4v) is 2.30. The zero-order valence-electron chi connectivity index (χ0n) is 10.1. The number of hydrogen-bond donors (Lipinski definition) is 1. The number of halogens is 1. The van der Waals surface area contributed by atoms with E-state index in [1.807, 2.05) is 10.6 Å². The quantitative estimate of drug-likeness (QED) is 0.851. The lowest BCUT2D eigenvalue weighted by Crippen LogP contribution is -2.00. The highest BCUT2D eigenvalue weighted by Gasteiger charge is 2.08. The molecule has 0 saturated carbocycles. The van der Waals surface area contributed by atoms with Crippen LogP contribution in [0.4, 0.5) is 4.39 Å². The van der Waals surface area contributed by atoms with E-state index in [2.05, 4.69) is 4.98 Å². The third-order valence-corrected chi connectivity index (χ3v) is 3.34. The molecule has 1 aromatic heterocycles. The summed E-state index contributed by atoms with van der Waals surface area (Å²) in [6, 6.07) is 8.25. The van der Waals surface area contributed by atoms with Crippen molar-refractivity contribution >= 4 is 11.8 Å². The molecule has 0 bridgehead atoms. The Balaban J connectivity index is 2.20. The molecule has 98 valence electrons. The molecule has 19 heavy (non-hydrogen) atoms. The zero-order valence-corrected chi connectivity index (χ0v) is 10.9. The zero-order chi connectivity index (χ0) is 13.7. The Hall–Kier alpha value is -1.84. The van der Waals surface area contributed by atoms with Crippen molar-refractivity contribution in [1.29, 1.82) is 5.26 Å². The molecule has 0 amide bonds. The summed E-state index contributed by atoms with van der Waals surface area (Å²) in [5, 5.41) is 18.4. The number of hydrogen-bond acceptors (Lipinski definition) is 4. The van der Waals surface area contributed by atoms with Gasteiger partial charge in [0.05, 0.1) is 24.1 Å². The van der Waals surface area contributed by atoms with Crippen LogP contribution in [0, 0.1) is 17.1 Å². The molecule has 0 aliphatic rings. The van der Waals surface area contributed by atoms with E-state index >= 15 is 0 Å². The Bertz CT molecular complexity index is 589. The van der Waals surface area contributed by atoms with E-state index in [0.29, 0.717) is 23.1 Å². The molecule has 0 atom stereocenters. The lowest BCUT2D eigenvalue weighted by atomic mass is 10.2. The SMILES string of the molecule is N#CCSc1nc(CO)cn1Cc1ccc(F)cc1. The molecule has 2 aromatic rings. The average molecular weight is 277 g/mol. The van der Waals surface area contributed by atoms with E-state index in [1.165, 1.54) is 23.9 Å². The second-order valence-corrected chi connectivity index (χ2v) is 4.82. The Kier molecular flexibility index (Phi) is 4.55. The highest BCUT2D eigenvalue weighted by molar-refractivity contribution is 7.99. The van der Waals surface area contributed by atoms with Crippen molar-refractivity contribution in [3.63, 3.8) is 0 Å². The van der Waals surface area contributed by atoms with E-state index in [9.17, 15) is 4.39 Å². The van der Waals surface area contributed by atoms with Gasteiger partial charge in [0.2, 0.25) is 0 Å². The smallest absolute Gasteiger partial charge is 0.169 e. The molecule has 4 nitrogen and oxygen atoms in total. The van der Waals surface area contributed by atoms with Crippen LogP contribution in [0.1, 0.15) is 11.3 Å². The van der Waals surface area contributed by atoms with Gasteiger partial charge in [0, 0.05) is 12.7 Å². The second kappa shape index (κ2) is 6.36. The first-order valence-electron chi connectivity index (χ1n) is 5.64. The molecule has 2 rings (SSSR count). The largest absolute Gasteiger partial charge is 0.390 e. The number of aromatic nitrogens is 2. The third kappa shape index (κ3) is 3.56. The van der Waals surface area contributed by atoms with Crippen LogP contribution in [0.15, 0.2) is 35.6 Å². The summed E-state index contributed by atoms with van der Waals surface area (Å²) in [6.45, 7) is 0.386. The van der Waals surface area contributed by atoms with Crippen molar-refractivity contribution in [3.05, 3.63) is 47.5 Å². The van der Waals surface area contributed by atoms with Gasteiger partial charge in [0.15, 0.2) is 5.16 Å². The lowest BCUT2D eigenvalue weighted by molar-refractivity contribution is 0.277. The van der Waals surface area contributed by atoms with Crippen molar-refractivity contribution in [2.75, 3.05) is 5.75 Å². The maximum absolute atomic E-state index is 12.8. The van der Waals surface area contributed by atoms with E-state index in [-0.39, 0.29) is 12.4 Å². The van der Waals surface area contributed by atoms with Crippen LogP contribution in [0.25, 0.3) is 0 Å². The highest BCUT2D eigenvalue weighted by Crippen LogP contribution is 2.19. The van der Waals surface area contributed by atoms with Gasteiger partial charge in [-0.2, -0.15) is 5.26 Å². The maximum atomic E-state index is 12.8. The van der Waals surface area contributed by atoms with Gasteiger partial charge < -0.3 is 9.67 Å². The van der Waals surface area contributed by atoms with E-state index in [1.54, 1.807) is 18.3 Å². The number of aliphatic hydroxyl groups is 1. The molecule has 0 aliphatic heterocycles. The molecular formula is C13H12FN3OS. The number of imidazole rings is 1. The van der Waals surface area contributed by atoms with Crippen molar-refractivity contribution < 1.29 is 9.50 Å². The number of nitriles is 1. The molecule has 1 aromatic carbocycles. The van der Waals surface area contributed by atoms with Crippen LogP contribution in [0.5, 0.6) is 0 Å². The molecule has 0 unspecified atom stereocenters. The van der Waals surface area contributed by atoms with E-state index in [4.69, 9.17) is 10.4 Å². The van der Waals surface area contributed by atoms with Gasteiger partial charge in [0.25, 0.3) is 0 Å². The molecule has 0 aliphatic carbocycles. The van der Waals surface area contributed by atoms with E-state index < -0.39 is 0 Å². The van der Waals surface area contributed by atoms with Crippen LogP contribution in [-0.2, 0) is 13.2 Å². The van der Waals surface area contributed by atoms with E-state index in [0.717, 1.165) is 5.56 Å². The summed E-state index contributed by atoms with van der Waals surface area (Å²) in [5.41, 5.74) is 1.49. The number of rotatable bonds is 5. The minimum atomic E-state index is -0.274. The normalized spacial score (nSPS) is 10.4. The van der Waals surface area contributed by atoms with Crippen molar-refractivity contribution in [2.24, 2.45) is 0 Å². The van der Waals surface area contributed by atoms with Crippen LogP contribution >= 0.6 is 11.8 Å². The minimum absolute atomic E-state index is 0.142. The summed E-state index contributed by atoms with van der Waals surface area (Å²) < 4.78 is 14.7. The number of benzene rings is 1. The number of aliphatic hydroxyl groups excluding tert-OH is 1. The molecule has 0 saturated heterocycles. The predicted molar refractivity (Wildman–Crippen MR) is 70.0 cm³/mol. The highest BCUT2D eigenvalue weighted by atomic mass is 32.2. The fraction of sp³-hybridized carbons (Fsp3) is 0.231. The van der Waals surface area contributed by atoms with Gasteiger partial charge in [-0.25, -0.2) is 9.37 Å². The van der Waals surface area contributed by atoms with Gasteiger partial charge in [-0.1, -0.05) is 23.9 Å². The molecule has 1 N–H and O–H groups in total. The van der Waals surface area contributed by atoms with Crippen molar-refractivity contribution in [3.8, 4) is 6.07 Å². The van der Waals surface area contributed by atoms with Crippen LogP contribution in [0.2, 0.25) is 0 Å². The molecular weight excluding hydrogens is 265 g/mol. The van der Waals surface area contributed by atoms with Crippen LogP contribution < -0.4 is 0 Å². The van der Waals surface area contributed by atoms with Crippen LogP contribution in [0.3, 0.4) is 0 Å². The molecule has 6 heteroatoms. The Labute approximate surface area is 114 Å². The standard InChI is InChI=1S/C13H12FN3OS/c14-11-3-1-10(2-4-11)7-17-8-12(9-18)16-13(17)19-6-5-15/h1-4,8,18H,6-7,9H2. The summed E-state index contributed by atoms with van der Waals surface area (Å²) in [7, 11) is 0. The third-order valence-electron chi connectivity index (χ3n) is 2.48. The summed E-state index contributed by atoms with van der Waals surface area (Å²) in [6.07, 6.45) is 1.74. The van der Waals surface area contributed by atoms with Gasteiger partial charge in [-0.3, -0.25) is 0 Å². The first-order valence-corrected chi connectivity index (χ1v) is 6.62. The topological polar surface area (TPSA) is 61.8 Å². The lowest BCUT2D eigenvalue weighted by Gasteiger charge is -2.06. The van der Waals surface area contributed by atoms with Crippen molar-refractivity contribution in [2.45, 2.75) is 18.3 Å². The summed E-state index contributed by atoms with van der Waals surface area (Å²) >= 11 is 1.31. The predicted octanol–water partition coefficient (Wildman–Crippen LogP) is 2.18. The van der Waals surface area contributed by atoms with Crippen molar-refractivity contribution in [1.82, 2.24) is 9.55 Å². The second-order valence-electron chi connectivity index (χ2n) is 3.87. The van der Waals surface area contributed by atoms with Gasteiger partial charge in [0.1, 0.15) is 5.82 Å². The summed E-state index contributed by atoms with van der Waals surface area (Å²) in [5.74, 6) is 0.0233. The summed E-state index contributed by atoms with van der Waals surface area (Å²) in [4.78, 5) is 4.23. The molecule has 0 spiro atoms.